The average molecular weight is 298 g/mol. The lowest BCUT2D eigenvalue weighted by molar-refractivity contribution is 0.392. The number of sulfonamides is 1. The second-order valence-corrected chi connectivity index (χ2v) is 6.23. The van der Waals surface area contributed by atoms with Crippen molar-refractivity contribution < 1.29 is 17.3 Å². The monoisotopic (exact) mass is 298 g/mol. The Morgan fingerprint density at radius 2 is 2.00 bits per heavy atom. The molecule has 0 bridgehead atoms. The van der Waals surface area contributed by atoms with Gasteiger partial charge in [-0.05, 0) is 39.0 Å². The number of aryl methyl sites for hydroxylation is 2. The predicted molar refractivity (Wildman–Crippen MR) is 73.5 cm³/mol. The van der Waals surface area contributed by atoms with E-state index >= 15 is 0 Å². The SMILES string of the molecule is Cc1cc(C(C)NCc2ccc(S(N)(=O)=O)o2)c(C)o1. The summed E-state index contributed by atoms with van der Waals surface area (Å²) in [7, 11) is -3.79. The standard InChI is InChI=1S/C13H18N2O4S/c1-8-6-12(10(3)18-8)9(2)15-7-11-4-5-13(19-11)20(14,16)17/h4-6,9,15H,7H2,1-3H3,(H2,14,16,17). The van der Waals surface area contributed by atoms with Gasteiger partial charge in [0.1, 0.15) is 17.3 Å². The van der Waals surface area contributed by atoms with Crippen molar-refractivity contribution in [2.24, 2.45) is 5.14 Å². The van der Waals surface area contributed by atoms with Crippen LogP contribution in [0.1, 0.15) is 35.8 Å². The zero-order chi connectivity index (χ0) is 14.9. The number of furan rings is 2. The first-order valence-electron chi connectivity index (χ1n) is 6.19. The van der Waals surface area contributed by atoms with Crippen LogP contribution in [0.15, 0.2) is 32.1 Å². The first-order valence-corrected chi connectivity index (χ1v) is 7.74. The predicted octanol–water partition coefficient (Wildman–Crippen LogP) is 1.99. The topological polar surface area (TPSA) is 98.5 Å². The fraction of sp³-hybridized carbons (Fsp3) is 0.385. The van der Waals surface area contributed by atoms with Crippen LogP contribution in [0.5, 0.6) is 0 Å². The lowest BCUT2D eigenvalue weighted by Crippen LogP contribution is -2.18. The smallest absolute Gasteiger partial charge is 0.271 e. The molecule has 0 fully saturated rings. The molecule has 0 radical (unpaired) electrons. The van der Waals surface area contributed by atoms with Crippen LogP contribution in [0.25, 0.3) is 0 Å². The Bertz CT molecular complexity index is 700. The van der Waals surface area contributed by atoms with Gasteiger partial charge in [0, 0.05) is 11.6 Å². The fourth-order valence-electron chi connectivity index (χ4n) is 2.05. The molecule has 0 spiro atoms. The molecule has 0 saturated carbocycles. The summed E-state index contributed by atoms with van der Waals surface area (Å²) in [4.78, 5) is 0. The number of rotatable bonds is 5. The molecule has 2 rings (SSSR count). The van der Waals surface area contributed by atoms with Crippen LogP contribution >= 0.6 is 0 Å². The maximum absolute atomic E-state index is 11.1. The first kappa shape index (κ1) is 14.8. The van der Waals surface area contributed by atoms with Crippen molar-refractivity contribution in [3.05, 3.63) is 41.0 Å². The van der Waals surface area contributed by atoms with Crippen molar-refractivity contribution in [2.45, 2.75) is 38.5 Å². The van der Waals surface area contributed by atoms with E-state index in [0.29, 0.717) is 12.3 Å². The van der Waals surface area contributed by atoms with E-state index in [2.05, 4.69) is 5.32 Å². The molecule has 110 valence electrons. The maximum atomic E-state index is 11.1. The van der Waals surface area contributed by atoms with Gasteiger partial charge in [0.05, 0.1) is 6.54 Å². The van der Waals surface area contributed by atoms with Crippen LogP contribution in [-0.2, 0) is 16.6 Å². The van der Waals surface area contributed by atoms with Crippen LogP contribution in [0.4, 0.5) is 0 Å². The van der Waals surface area contributed by atoms with Crippen LogP contribution in [0.2, 0.25) is 0 Å². The second-order valence-electron chi connectivity index (χ2n) is 4.74. The highest BCUT2D eigenvalue weighted by molar-refractivity contribution is 7.89. The summed E-state index contributed by atoms with van der Waals surface area (Å²) in [6, 6.07) is 4.98. The van der Waals surface area contributed by atoms with Gasteiger partial charge in [0.15, 0.2) is 0 Å². The highest BCUT2D eigenvalue weighted by Gasteiger charge is 2.15. The first-order chi connectivity index (χ1) is 9.27. The van der Waals surface area contributed by atoms with E-state index in [-0.39, 0.29) is 11.1 Å². The zero-order valence-electron chi connectivity index (χ0n) is 11.6. The molecule has 1 unspecified atom stereocenters. The summed E-state index contributed by atoms with van der Waals surface area (Å²) >= 11 is 0. The molecule has 0 saturated heterocycles. The molecule has 0 aliphatic carbocycles. The van der Waals surface area contributed by atoms with E-state index < -0.39 is 10.0 Å². The summed E-state index contributed by atoms with van der Waals surface area (Å²) in [5, 5.41) is 8.01. The van der Waals surface area contributed by atoms with E-state index in [9.17, 15) is 8.42 Å². The minimum Gasteiger partial charge on any atom is -0.466 e. The van der Waals surface area contributed by atoms with E-state index in [0.717, 1.165) is 17.1 Å². The van der Waals surface area contributed by atoms with Gasteiger partial charge in [0.2, 0.25) is 5.09 Å². The van der Waals surface area contributed by atoms with Crippen LogP contribution < -0.4 is 10.5 Å². The molecule has 2 heterocycles. The Labute approximate surface area is 118 Å². The van der Waals surface area contributed by atoms with Gasteiger partial charge >= 0.3 is 0 Å². The Hall–Kier alpha value is -1.57. The third-order valence-corrected chi connectivity index (χ3v) is 3.83. The van der Waals surface area contributed by atoms with Crippen molar-refractivity contribution >= 4 is 10.0 Å². The summed E-state index contributed by atoms with van der Waals surface area (Å²) < 4.78 is 32.9. The molecular formula is C13H18N2O4S. The van der Waals surface area contributed by atoms with Crippen molar-refractivity contribution in [3.8, 4) is 0 Å². The molecule has 2 aromatic rings. The molecule has 1 atom stereocenters. The number of nitrogens with two attached hydrogens (primary N) is 1. The second kappa shape index (κ2) is 5.43. The van der Waals surface area contributed by atoms with Gasteiger partial charge in [-0.1, -0.05) is 0 Å². The number of nitrogens with one attached hydrogen (secondary N) is 1. The van der Waals surface area contributed by atoms with E-state index in [1.54, 1.807) is 6.07 Å². The Balaban J connectivity index is 2.02. The quantitative estimate of drug-likeness (QED) is 0.879. The van der Waals surface area contributed by atoms with E-state index in [4.69, 9.17) is 14.0 Å². The third kappa shape index (κ3) is 3.30. The molecule has 20 heavy (non-hydrogen) atoms. The largest absolute Gasteiger partial charge is 0.466 e. The van der Waals surface area contributed by atoms with Crippen LogP contribution in [0, 0.1) is 13.8 Å². The van der Waals surface area contributed by atoms with Gasteiger partial charge in [-0.15, -0.1) is 0 Å². The van der Waals surface area contributed by atoms with Gasteiger partial charge in [0.25, 0.3) is 10.0 Å². The molecule has 0 aromatic carbocycles. The zero-order valence-corrected chi connectivity index (χ0v) is 12.5. The van der Waals surface area contributed by atoms with Crippen molar-refractivity contribution in [1.29, 1.82) is 0 Å². The van der Waals surface area contributed by atoms with Gasteiger partial charge in [-0.3, -0.25) is 0 Å². The third-order valence-electron chi connectivity index (χ3n) is 3.05. The molecule has 7 heteroatoms. The van der Waals surface area contributed by atoms with Gasteiger partial charge in [-0.25, -0.2) is 13.6 Å². The maximum Gasteiger partial charge on any atom is 0.271 e. The highest BCUT2D eigenvalue weighted by Crippen LogP contribution is 2.22. The van der Waals surface area contributed by atoms with Crippen molar-refractivity contribution in [3.63, 3.8) is 0 Å². The number of primary sulfonamides is 1. The lowest BCUT2D eigenvalue weighted by Gasteiger charge is -2.11. The Morgan fingerprint density at radius 1 is 1.30 bits per heavy atom. The highest BCUT2D eigenvalue weighted by atomic mass is 32.2. The number of hydrogen-bond acceptors (Lipinski definition) is 5. The van der Waals surface area contributed by atoms with Gasteiger partial charge < -0.3 is 14.2 Å². The lowest BCUT2D eigenvalue weighted by atomic mass is 10.1. The van der Waals surface area contributed by atoms with Crippen molar-refractivity contribution in [1.82, 2.24) is 5.32 Å². The molecule has 0 aliphatic heterocycles. The molecule has 3 N–H and O–H groups in total. The summed E-state index contributed by atoms with van der Waals surface area (Å²) in [5.74, 6) is 2.24. The van der Waals surface area contributed by atoms with Gasteiger partial charge in [-0.2, -0.15) is 0 Å². The minimum atomic E-state index is -3.79. The van der Waals surface area contributed by atoms with Crippen LogP contribution in [-0.4, -0.2) is 8.42 Å². The Morgan fingerprint density at radius 3 is 2.50 bits per heavy atom. The number of hydrogen-bond donors (Lipinski definition) is 2. The molecular weight excluding hydrogens is 280 g/mol. The summed E-state index contributed by atoms with van der Waals surface area (Å²) in [5.41, 5.74) is 1.07. The van der Waals surface area contributed by atoms with Crippen molar-refractivity contribution in [2.75, 3.05) is 0 Å². The summed E-state index contributed by atoms with van der Waals surface area (Å²) in [6.07, 6.45) is 0. The normalized spacial score (nSPS) is 13.6. The summed E-state index contributed by atoms with van der Waals surface area (Å²) in [6.45, 7) is 6.21. The molecule has 0 aliphatic rings. The van der Waals surface area contributed by atoms with Crippen LogP contribution in [0.3, 0.4) is 0 Å². The van der Waals surface area contributed by atoms with E-state index in [1.807, 2.05) is 26.8 Å². The fourth-order valence-corrected chi connectivity index (χ4v) is 2.53. The van der Waals surface area contributed by atoms with E-state index in [1.165, 1.54) is 6.07 Å². The molecule has 0 amide bonds. The molecule has 6 nitrogen and oxygen atoms in total. The average Bonchev–Trinajstić information content (AvgIpc) is 2.92. The Kier molecular flexibility index (Phi) is 4.03. The minimum absolute atomic E-state index is 0.0653. The molecule has 2 aromatic heterocycles.